The molecule has 0 aliphatic carbocycles. The topological polar surface area (TPSA) is 51.2 Å². The fourth-order valence-electron chi connectivity index (χ4n) is 4.23. The molecule has 0 saturated carbocycles. The molecule has 0 radical (unpaired) electrons. The second-order valence-corrected chi connectivity index (χ2v) is 9.31. The molecule has 2 aromatic carbocycles. The average Bonchev–Trinajstić information content (AvgIpc) is 3.03. The Morgan fingerprint density at radius 1 is 0.885 bits per heavy atom. The van der Waals surface area contributed by atoms with Crippen LogP contribution in [-0.4, -0.2) is 62.2 Å². The highest BCUT2D eigenvalue weighted by Gasteiger charge is 2.53. The van der Waals surface area contributed by atoms with Gasteiger partial charge in [-0.05, 0) is 16.8 Å². The molecule has 0 amide bonds. The van der Waals surface area contributed by atoms with Crippen LogP contribution >= 0.6 is 7.52 Å². The van der Waals surface area contributed by atoms with E-state index in [1.165, 1.54) is 0 Å². The summed E-state index contributed by atoms with van der Waals surface area (Å²) in [6, 6.07) is 12.3. The maximum Gasteiger partial charge on any atom is 0.340 e. The van der Waals surface area contributed by atoms with Crippen LogP contribution in [0.15, 0.2) is 36.4 Å². The third kappa shape index (κ3) is 2.60. The predicted molar refractivity (Wildman–Crippen MR) is 99.7 cm³/mol. The molecule has 0 bridgehead atoms. The molecule has 0 spiro atoms. The van der Waals surface area contributed by atoms with Crippen LogP contribution in [0, 0.1) is 0 Å². The lowest BCUT2D eigenvalue weighted by Crippen LogP contribution is -2.42. The summed E-state index contributed by atoms with van der Waals surface area (Å²) in [6.45, 7) is 5.35. The highest BCUT2D eigenvalue weighted by atomic mass is 31.2. The normalized spacial score (nSPS) is 30.2. The lowest BCUT2D eigenvalue weighted by molar-refractivity contribution is 0.0265. The largest absolute Gasteiger partial charge is 0.431 e. The Labute approximate surface area is 153 Å². The van der Waals surface area contributed by atoms with Gasteiger partial charge in [-0.3, -0.25) is 9.46 Å². The van der Waals surface area contributed by atoms with Crippen LogP contribution in [-0.2, 0) is 14.0 Å². The molecule has 3 heterocycles. The van der Waals surface area contributed by atoms with E-state index in [0.717, 1.165) is 35.2 Å². The number of rotatable bonds is 2. The maximum atomic E-state index is 14.3. The van der Waals surface area contributed by atoms with E-state index < -0.39 is 7.52 Å². The van der Waals surface area contributed by atoms with Gasteiger partial charge in [-0.15, -0.1) is 0 Å². The van der Waals surface area contributed by atoms with Crippen LogP contribution in [0.25, 0.3) is 10.8 Å². The van der Waals surface area contributed by atoms with Crippen molar-refractivity contribution in [3.8, 4) is 5.75 Å². The van der Waals surface area contributed by atoms with Gasteiger partial charge >= 0.3 is 7.52 Å². The molecule has 6 nitrogen and oxygen atoms in total. The minimum absolute atomic E-state index is 0.245. The summed E-state index contributed by atoms with van der Waals surface area (Å²) >= 11 is 0. The van der Waals surface area contributed by atoms with E-state index in [-0.39, 0.29) is 5.78 Å². The summed E-state index contributed by atoms with van der Waals surface area (Å²) in [5, 5.41) is 2.29. The Kier molecular flexibility index (Phi) is 4.26. The molecule has 3 aliphatic heterocycles. The number of hydrogen-bond donors (Lipinski definition) is 0. The smallest absolute Gasteiger partial charge is 0.340 e. The summed E-state index contributed by atoms with van der Waals surface area (Å²) in [5.41, 5.74) is 1.07. The second kappa shape index (κ2) is 6.63. The predicted octanol–water partition coefficient (Wildman–Crippen LogP) is 3.09. The lowest BCUT2D eigenvalue weighted by atomic mass is 10.0. The van der Waals surface area contributed by atoms with Crippen molar-refractivity contribution in [2.45, 2.75) is 5.78 Å². The Hall–Kier alpha value is -1.43. The zero-order chi connectivity index (χ0) is 17.6. The number of ether oxygens (including phenoxy) is 2. The summed E-state index contributed by atoms with van der Waals surface area (Å²) < 4.78 is 33.6. The van der Waals surface area contributed by atoms with Crippen molar-refractivity contribution < 1.29 is 18.6 Å². The van der Waals surface area contributed by atoms with E-state index in [1.807, 2.05) is 22.9 Å². The van der Waals surface area contributed by atoms with Crippen molar-refractivity contribution in [1.29, 1.82) is 0 Å². The van der Waals surface area contributed by atoms with Gasteiger partial charge in [0.2, 0.25) is 0 Å². The molecule has 2 saturated heterocycles. The summed E-state index contributed by atoms with van der Waals surface area (Å²) in [7, 11) is -3.09. The number of morpholine rings is 2. The first-order chi connectivity index (χ1) is 12.8. The number of fused-ring (bicyclic) bond motifs is 3. The van der Waals surface area contributed by atoms with Crippen LogP contribution in [0.3, 0.4) is 0 Å². The van der Waals surface area contributed by atoms with Crippen LogP contribution < -0.4 is 4.52 Å². The summed E-state index contributed by atoms with van der Waals surface area (Å²) in [6.07, 6.45) is 0. The fraction of sp³-hybridized carbons (Fsp3) is 0.474. The summed E-state index contributed by atoms with van der Waals surface area (Å²) in [5.74, 6) is 0.514. The van der Waals surface area contributed by atoms with Gasteiger partial charge in [0.15, 0.2) is 0 Å². The van der Waals surface area contributed by atoms with Gasteiger partial charge in [-0.1, -0.05) is 30.3 Å². The molecular formula is C19H23N2O4P. The quantitative estimate of drug-likeness (QED) is 0.753. The van der Waals surface area contributed by atoms with Crippen LogP contribution in [0.4, 0.5) is 0 Å². The van der Waals surface area contributed by atoms with Crippen molar-refractivity contribution >= 4 is 18.3 Å². The van der Waals surface area contributed by atoms with Gasteiger partial charge in [0.05, 0.1) is 26.4 Å². The Morgan fingerprint density at radius 3 is 2.35 bits per heavy atom. The fourth-order valence-corrected chi connectivity index (χ4v) is 7.15. The zero-order valence-electron chi connectivity index (χ0n) is 14.7. The zero-order valence-corrected chi connectivity index (χ0v) is 15.6. The van der Waals surface area contributed by atoms with Crippen LogP contribution in [0.1, 0.15) is 11.3 Å². The Balaban J connectivity index is 1.66. The standard InChI is InChI=1S/C19H23N2O4P/c22-26(21-9-13-24-14-10-21)19(20-7-11-23-12-8-20)18-16-4-2-1-3-15(16)5-6-17(18)25-26/h1-6,19H,7-14H2. The Morgan fingerprint density at radius 2 is 1.58 bits per heavy atom. The van der Waals surface area contributed by atoms with E-state index in [9.17, 15) is 4.57 Å². The first-order valence-electron chi connectivity index (χ1n) is 9.23. The average molecular weight is 374 g/mol. The number of nitrogens with zero attached hydrogens (tertiary/aromatic N) is 2. The molecule has 138 valence electrons. The molecule has 0 aromatic heterocycles. The van der Waals surface area contributed by atoms with Crippen molar-refractivity contribution in [1.82, 2.24) is 9.57 Å². The van der Waals surface area contributed by atoms with E-state index in [1.54, 1.807) is 0 Å². The van der Waals surface area contributed by atoms with E-state index in [4.69, 9.17) is 14.0 Å². The van der Waals surface area contributed by atoms with Crippen molar-refractivity contribution in [3.05, 3.63) is 42.0 Å². The van der Waals surface area contributed by atoms with Crippen molar-refractivity contribution in [2.24, 2.45) is 0 Å². The highest BCUT2D eigenvalue weighted by molar-refractivity contribution is 7.57. The molecule has 7 heteroatoms. The minimum Gasteiger partial charge on any atom is -0.431 e. The van der Waals surface area contributed by atoms with Crippen molar-refractivity contribution in [3.63, 3.8) is 0 Å². The second-order valence-electron chi connectivity index (χ2n) is 6.94. The lowest BCUT2D eigenvalue weighted by Gasteiger charge is -2.39. The molecule has 2 fully saturated rings. The number of benzene rings is 2. The van der Waals surface area contributed by atoms with Gasteiger partial charge in [-0.2, -0.15) is 0 Å². The van der Waals surface area contributed by atoms with Crippen molar-refractivity contribution in [2.75, 3.05) is 52.6 Å². The minimum atomic E-state index is -3.09. The highest BCUT2D eigenvalue weighted by Crippen LogP contribution is 2.70. The van der Waals surface area contributed by atoms with Gasteiger partial charge in [0, 0.05) is 31.7 Å². The molecular weight excluding hydrogens is 351 g/mol. The summed E-state index contributed by atoms with van der Waals surface area (Å²) in [4.78, 5) is 2.29. The van der Waals surface area contributed by atoms with Crippen LogP contribution in [0.2, 0.25) is 0 Å². The molecule has 0 N–H and O–H groups in total. The third-order valence-corrected chi connectivity index (χ3v) is 8.35. The molecule has 2 atom stereocenters. The van der Waals surface area contributed by atoms with E-state index >= 15 is 0 Å². The SMILES string of the molecule is O=P1(N2CCOCC2)Oc2ccc3ccccc3c2C1N1CCOCC1. The van der Waals surface area contributed by atoms with Gasteiger partial charge in [0.1, 0.15) is 11.5 Å². The monoisotopic (exact) mass is 374 g/mol. The van der Waals surface area contributed by atoms with E-state index in [2.05, 4.69) is 23.1 Å². The molecule has 3 aliphatic rings. The van der Waals surface area contributed by atoms with Crippen LogP contribution in [0.5, 0.6) is 5.75 Å². The molecule has 26 heavy (non-hydrogen) atoms. The first-order valence-corrected chi connectivity index (χ1v) is 10.9. The molecule has 2 unspecified atom stereocenters. The van der Waals surface area contributed by atoms with Gasteiger partial charge in [0.25, 0.3) is 0 Å². The molecule has 2 aromatic rings. The number of hydrogen-bond acceptors (Lipinski definition) is 5. The first kappa shape index (κ1) is 16.7. The third-order valence-electron chi connectivity index (χ3n) is 5.50. The van der Waals surface area contributed by atoms with Gasteiger partial charge < -0.3 is 14.0 Å². The Bertz CT molecular complexity index is 862. The van der Waals surface area contributed by atoms with Gasteiger partial charge in [-0.25, -0.2) is 4.67 Å². The van der Waals surface area contributed by atoms with E-state index in [0.29, 0.717) is 39.5 Å². The maximum absolute atomic E-state index is 14.3. The molecule has 5 rings (SSSR count).